The lowest BCUT2D eigenvalue weighted by atomic mass is 10.1. The van der Waals surface area contributed by atoms with Gasteiger partial charge in [0.2, 0.25) is 0 Å². The van der Waals surface area contributed by atoms with Crippen molar-refractivity contribution in [3.8, 4) is 6.01 Å². The largest absolute Gasteiger partial charge is 0.463 e. The number of anilines is 1. The van der Waals surface area contributed by atoms with Gasteiger partial charge in [-0.25, -0.2) is 9.38 Å². The number of nitrogen functional groups attached to an aromatic ring is 1. The molecular formula is C11H12ClN5O. The summed E-state index contributed by atoms with van der Waals surface area (Å²) in [5, 5.41) is 8.12. The van der Waals surface area contributed by atoms with Crippen LogP contribution in [0.1, 0.15) is 12.8 Å². The highest BCUT2D eigenvalue weighted by molar-refractivity contribution is 6.32. The fourth-order valence-corrected chi connectivity index (χ4v) is 2.06. The summed E-state index contributed by atoms with van der Waals surface area (Å²) in [5.41, 5.74) is 6.54. The second kappa shape index (κ2) is 4.45. The molecule has 1 aliphatic carbocycles. The molecule has 1 aliphatic rings. The van der Waals surface area contributed by atoms with Gasteiger partial charge in [0.15, 0.2) is 10.8 Å². The second-order valence-corrected chi connectivity index (χ2v) is 4.60. The quantitative estimate of drug-likeness (QED) is 0.675. The normalized spacial score (nSPS) is 15.6. The third-order valence-corrected chi connectivity index (χ3v) is 3.27. The highest BCUT2D eigenvalue weighted by atomic mass is 35.5. The predicted octanol–water partition coefficient (Wildman–Crippen LogP) is 1.70. The summed E-state index contributed by atoms with van der Waals surface area (Å²) in [6.45, 7) is 0.607. The van der Waals surface area contributed by atoms with E-state index in [2.05, 4.69) is 27.3 Å². The first kappa shape index (κ1) is 11.3. The van der Waals surface area contributed by atoms with Crippen LogP contribution in [-0.4, -0.2) is 26.2 Å². The van der Waals surface area contributed by atoms with Crippen molar-refractivity contribution in [1.29, 1.82) is 0 Å². The molecule has 0 atom stereocenters. The predicted molar refractivity (Wildman–Crippen MR) is 67.6 cm³/mol. The molecule has 0 aliphatic heterocycles. The van der Waals surface area contributed by atoms with E-state index in [1.165, 1.54) is 6.33 Å². The second-order valence-electron chi connectivity index (χ2n) is 4.25. The Hall–Kier alpha value is -1.82. The van der Waals surface area contributed by atoms with Crippen LogP contribution in [0.4, 0.5) is 5.69 Å². The summed E-state index contributed by atoms with van der Waals surface area (Å²) in [7, 11) is 0. The lowest BCUT2D eigenvalue weighted by Gasteiger charge is -2.09. The molecule has 2 aromatic rings. The zero-order valence-corrected chi connectivity index (χ0v) is 10.3. The number of fused-ring (bicyclic) bond motifs is 1. The van der Waals surface area contributed by atoms with Gasteiger partial charge in [0.25, 0.3) is 0 Å². The summed E-state index contributed by atoms with van der Waals surface area (Å²) >= 11 is 5.81. The molecule has 0 radical (unpaired) electrons. The maximum Gasteiger partial charge on any atom is 0.322 e. The molecule has 3 rings (SSSR count). The lowest BCUT2D eigenvalue weighted by Crippen LogP contribution is -2.10. The summed E-state index contributed by atoms with van der Waals surface area (Å²) in [4.78, 5) is 3.95. The van der Waals surface area contributed by atoms with Crippen molar-refractivity contribution in [3.63, 3.8) is 0 Å². The van der Waals surface area contributed by atoms with Crippen LogP contribution in [0.3, 0.4) is 0 Å². The van der Waals surface area contributed by atoms with Crippen molar-refractivity contribution in [1.82, 2.24) is 19.6 Å². The van der Waals surface area contributed by atoms with Crippen molar-refractivity contribution in [2.24, 2.45) is 5.92 Å². The Kier molecular flexibility index (Phi) is 2.79. The zero-order valence-electron chi connectivity index (χ0n) is 9.58. The molecular weight excluding hydrogens is 254 g/mol. The maximum atomic E-state index is 5.81. The van der Waals surface area contributed by atoms with Gasteiger partial charge in [-0.2, -0.15) is 0 Å². The average Bonchev–Trinajstić information content (AvgIpc) is 3.00. The van der Waals surface area contributed by atoms with Gasteiger partial charge < -0.3 is 10.5 Å². The van der Waals surface area contributed by atoms with E-state index in [0.29, 0.717) is 29.9 Å². The van der Waals surface area contributed by atoms with Gasteiger partial charge in [-0.05, 0) is 18.8 Å². The highest BCUT2D eigenvalue weighted by Gasteiger charge is 2.15. The molecule has 0 aromatic carbocycles. The molecule has 0 saturated carbocycles. The van der Waals surface area contributed by atoms with Gasteiger partial charge in [0.05, 0.1) is 6.61 Å². The minimum absolute atomic E-state index is 0.224. The van der Waals surface area contributed by atoms with Crippen molar-refractivity contribution in [3.05, 3.63) is 23.6 Å². The third kappa shape index (κ3) is 1.88. The van der Waals surface area contributed by atoms with Gasteiger partial charge >= 0.3 is 6.01 Å². The molecule has 94 valence electrons. The molecule has 6 nitrogen and oxygen atoms in total. The molecule has 2 heterocycles. The van der Waals surface area contributed by atoms with E-state index >= 15 is 0 Å². The van der Waals surface area contributed by atoms with Crippen LogP contribution < -0.4 is 10.5 Å². The molecule has 7 heteroatoms. The molecule has 2 N–H and O–H groups in total. The van der Waals surface area contributed by atoms with E-state index in [1.54, 1.807) is 4.40 Å². The maximum absolute atomic E-state index is 5.81. The Balaban J connectivity index is 1.82. The number of hydrogen-bond donors (Lipinski definition) is 1. The first-order valence-corrected chi connectivity index (χ1v) is 6.06. The molecule has 0 amide bonds. The van der Waals surface area contributed by atoms with E-state index < -0.39 is 0 Å². The first-order chi connectivity index (χ1) is 8.75. The summed E-state index contributed by atoms with van der Waals surface area (Å²) in [6, 6.07) is 0.396. The van der Waals surface area contributed by atoms with Crippen LogP contribution in [0.25, 0.3) is 5.65 Å². The fraction of sp³-hybridized carbons (Fsp3) is 0.364. The Morgan fingerprint density at radius 3 is 2.94 bits per heavy atom. The number of ether oxygens (including phenoxy) is 1. The Bertz CT molecular complexity index is 601. The van der Waals surface area contributed by atoms with Gasteiger partial charge in [-0.3, -0.25) is 0 Å². The number of rotatable bonds is 3. The molecule has 0 saturated heterocycles. The number of hydrogen-bond acceptors (Lipinski definition) is 5. The average molecular weight is 266 g/mol. The van der Waals surface area contributed by atoms with Gasteiger partial charge in [0, 0.05) is 0 Å². The van der Waals surface area contributed by atoms with Gasteiger partial charge in [-0.1, -0.05) is 28.9 Å². The van der Waals surface area contributed by atoms with E-state index in [1.807, 2.05) is 0 Å². The van der Waals surface area contributed by atoms with E-state index in [-0.39, 0.29) is 5.15 Å². The number of nitrogens with zero attached hydrogens (tertiary/aromatic N) is 4. The van der Waals surface area contributed by atoms with Crippen LogP contribution in [-0.2, 0) is 0 Å². The van der Waals surface area contributed by atoms with E-state index in [0.717, 1.165) is 12.8 Å². The minimum Gasteiger partial charge on any atom is -0.463 e. The smallest absolute Gasteiger partial charge is 0.322 e. The Morgan fingerprint density at radius 2 is 2.17 bits per heavy atom. The van der Waals surface area contributed by atoms with Gasteiger partial charge in [0.1, 0.15) is 12.0 Å². The monoisotopic (exact) mass is 265 g/mol. The standard InChI is InChI=1S/C11H12ClN5O/c12-9-8(13)10-15-16-11(17(10)6-14-9)18-5-7-3-1-2-4-7/h1-2,6-7H,3-5,13H2. The minimum atomic E-state index is 0.224. The number of aromatic nitrogens is 4. The third-order valence-electron chi connectivity index (χ3n) is 2.97. The van der Waals surface area contributed by atoms with Crippen LogP contribution in [0.2, 0.25) is 5.15 Å². The van der Waals surface area contributed by atoms with Crippen LogP contribution in [0.15, 0.2) is 18.5 Å². The van der Waals surface area contributed by atoms with Crippen LogP contribution in [0.5, 0.6) is 6.01 Å². The lowest BCUT2D eigenvalue weighted by molar-refractivity contribution is 0.235. The molecule has 0 unspecified atom stereocenters. The summed E-state index contributed by atoms with van der Waals surface area (Å²) in [6.07, 6.45) is 7.92. The van der Waals surface area contributed by atoms with Crippen molar-refractivity contribution < 1.29 is 4.74 Å². The molecule has 0 bridgehead atoms. The molecule has 18 heavy (non-hydrogen) atoms. The van der Waals surface area contributed by atoms with Gasteiger partial charge in [-0.15, -0.1) is 5.10 Å². The number of allylic oxidation sites excluding steroid dienone is 2. The highest BCUT2D eigenvalue weighted by Crippen LogP contribution is 2.23. The Labute approximate surface area is 108 Å². The van der Waals surface area contributed by atoms with Crippen LogP contribution >= 0.6 is 11.6 Å². The molecule has 0 fully saturated rings. The molecule has 0 spiro atoms. The van der Waals surface area contributed by atoms with Crippen molar-refractivity contribution in [2.45, 2.75) is 12.8 Å². The zero-order chi connectivity index (χ0) is 12.5. The fourth-order valence-electron chi connectivity index (χ4n) is 1.94. The summed E-state index contributed by atoms with van der Waals surface area (Å²) < 4.78 is 7.25. The topological polar surface area (TPSA) is 78.3 Å². The first-order valence-electron chi connectivity index (χ1n) is 5.68. The van der Waals surface area contributed by atoms with E-state index in [9.17, 15) is 0 Å². The SMILES string of the molecule is Nc1c(Cl)ncn2c(OCC3CC=CC3)nnc12. The van der Waals surface area contributed by atoms with Crippen molar-refractivity contribution in [2.75, 3.05) is 12.3 Å². The Morgan fingerprint density at radius 1 is 1.39 bits per heavy atom. The van der Waals surface area contributed by atoms with Crippen LogP contribution in [0, 0.1) is 5.92 Å². The molecule has 2 aromatic heterocycles. The van der Waals surface area contributed by atoms with E-state index in [4.69, 9.17) is 22.1 Å². The number of halogens is 1. The summed E-state index contributed by atoms with van der Waals surface area (Å²) in [5.74, 6) is 0.509. The van der Waals surface area contributed by atoms with Crippen molar-refractivity contribution >= 4 is 22.9 Å². The number of nitrogens with two attached hydrogens (primary N) is 1.